The van der Waals surface area contributed by atoms with Crippen LogP contribution in [0.3, 0.4) is 0 Å². The Balaban J connectivity index is 1.91. The Morgan fingerprint density at radius 1 is 1.35 bits per heavy atom. The van der Waals surface area contributed by atoms with Crippen LogP contribution in [-0.4, -0.2) is 72.4 Å². The number of hydrogen-bond donors (Lipinski definition) is 1. The van der Waals surface area contributed by atoms with Gasteiger partial charge in [0.15, 0.2) is 0 Å². The standard InChI is InChI=1S/C15H28N2O3/c1-3-11-20-13-5-4-8-17(12-13)14(18)15(19)6-9-16(2)10-7-15/h13,19H,3-12H2,1-2H3. The maximum absolute atomic E-state index is 12.6. The molecule has 1 amide bonds. The third kappa shape index (κ3) is 3.71. The van der Waals surface area contributed by atoms with Gasteiger partial charge in [-0.15, -0.1) is 0 Å². The van der Waals surface area contributed by atoms with Crippen molar-refractivity contribution in [3.05, 3.63) is 0 Å². The molecule has 20 heavy (non-hydrogen) atoms. The number of likely N-dealkylation sites (tertiary alicyclic amines) is 2. The van der Waals surface area contributed by atoms with E-state index in [4.69, 9.17) is 4.74 Å². The van der Waals surface area contributed by atoms with Crippen molar-refractivity contribution in [2.45, 2.75) is 50.7 Å². The van der Waals surface area contributed by atoms with Gasteiger partial charge in [0, 0.05) is 32.8 Å². The predicted octanol–water partition coefficient (Wildman–Crippen LogP) is 0.861. The Labute approximate surface area is 121 Å². The molecular weight excluding hydrogens is 256 g/mol. The highest BCUT2D eigenvalue weighted by molar-refractivity contribution is 5.85. The Kier molecular flexibility index (Phi) is 5.41. The van der Waals surface area contributed by atoms with Gasteiger partial charge in [-0.3, -0.25) is 4.79 Å². The molecule has 0 aromatic carbocycles. The quantitative estimate of drug-likeness (QED) is 0.832. The first-order chi connectivity index (χ1) is 9.55. The molecular formula is C15H28N2O3. The van der Waals surface area contributed by atoms with Gasteiger partial charge in [0.25, 0.3) is 5.91 Å². The molecule has 1 unspecified atom stereocenters. The third-order valence-electron chi connectivity index (χ3n) is 4.44. The molecule has 0 spiro atoms. The molecule has 0 aromatic rings. The maximum Gasteiger partial charge on any atom is 0.254 e. The molecule has 1 N–H and O–H groups in total. The molecule has 2 aliphatic rings. The van der Waals surface area contributed by atoms with Crippen LogP contribution in [0.15, 0.2) is 0 Å². The highest BCUT2D eigenvalue weighted by Crippen LogP contribution is 2.26. The number of aliphatic hydroxyl groups is 1. The first-order valence-corrected chi connectivity index (χ1v) is 7.87. The summed E-state index contributed by atoms with van der Waals surface area (Å²) < 4.78 is 5.77. The zero-order valence-corrected chi connectivity index (χ0v) is 12.8. The first kappa shape index (κ1) is 15.7. The van der Waals surface area contributed by atoms with Gasteiger partial charge in [-0.2, -0.15) is 0 Å². The SMILES string of the molecule is CCCOC1CCCN(C(=O)C2(O)CCN(C)CC2)C1. The van der Waals surface area contributed by atoms with Crippen molar-refractivity contribution >= 4 is 5.91 Å². The van der Waals surface area contributed by atoms with E-state index >= 15 is 0 Å². The van der Waals surface area contributed by atoms with Crippen LogP contribution in [-0.2, 0) is 9.53 Å². The Bertz CT molecular complexity index is 327. The molecule has 2 saturated heterocycles. The molecule has 0 saturated carbocycles. The molecule has 2 fully saturated rings. The second kappa shape index (κ2) is 6.87. The lowest BCUT2D eigenvalue weighted by molar-refractivity contribution is -0.160. The van der Waals surface area contributed by atoms with Crippen molar-refractivity contribution in [3.63, 3.8) is 0 Å². The molecule has 2 aliphatic heterocycles. The summed E-state index contributed by atoms with van der Waals surface area (Å²) in [7, 11) is 2.03. The molecule has 0 aliphatic carbocycles. The second-order valence-electron chi connectivity index (χ2n) is 6.22. The molecule has 1 atom stereocenters. The van der Waals surface area contributed by atoms with Gasteiger partial charge >= 0.3 is 0 Å². The summed E-state index contributed by atoms with van der Waals surface area (Å²) in [6, 6.07) is 0. The van der Waals surface area contributed by atoms with Gasteiger partial charge in [-0.1, -0.05) is 6.92 Å². The van der Waals surface area contributed by atoms with E-state index in [2.05, 4.69) is 11.8 Å². The van der Waals surface area contributed by atoms with Gasteiger partial charge in [0.05, 0.1) is 6.10 Å². The first-order valence-electron chi connectivity index (χ1n) is 7.87. The minimum absolute atomic E-state index is 0.0876. The van der Waals surface area contributed by atoms with Gasteiger partial charge in [0.1, 0.15) is 5.60 Å². The van der Waals surface area contributed by atoms with Crippen LogP contribution in [0.5, 0.6) is 0 Å². The summed E-state index contributed by atoms with van der Waals surface area (Å²) in [5.41, 5.74) is -1.15. The van der Waals surface area contributed by atoms with Crippen LogP contribution < -0.4 is 0 Å². The predicted molar refractivity (Wildman–Crippen MR) is 77.5 cm³/mol. The van der Waals surface area contributed by atoms with Crippen LogP contribution in [0.25, 0.3) is 0 Å². The smallest absolute Gasteiger partial charge is 0.254 e. The molecule has 0 aromatic heterocycles. The zero-order chi connectivity index (χ0) is 14.6. The number of carbonyl (C=O) groups is 1. The molecule has 2 rings (SSSR count). The molecule has 116 valence electrons. The summed E-state index contributed by atoms with van der Waals surface area (Å²) in [4.78, 5) is 16.6. The van der Waals surface area contributed by atoms with E-state index in [1.807, 2.05) is 11.9 Å². The Morgan fingerprint density at radius 2 is 2.05 bits per heavy atom. The number of nitrogens with zero attached hydrogens (tertiary/aromatic N) is 2. The van der Waals surface area contributed by atoms with Crippen LogP contribution >= 0.6 is 0 Å². The molecule has 0 bridgehead atoms. The van der Waals surface area contributed by atoms with E-state index in [1.165, 1.54) is 0 Å². The van der Waals surface area contributed by atoms with Crippen molar-refractivity contribution in [1.82, 2.24) is 9.80 Å². The number of carbonyl (C=O) groups excluding carboxylic acids is 1. The number of hydrogen-bond acceptors (Lipinski definition) is 4. The van der Waals surface area contributed by atoms with E-state index in [1.54, 1.807) is 0 Å². The van der Waals surface area contributed by atoms with Gasteiger partial charge in [-0.05, 0) is 39.2 Å². The fraction of sp³-hybridized carbons (Fsp3) is 0.933. The van der Waals surface area contributed by atoms with Crippen molar-refractivity contribution in [1.29, 1.82) is 0 Å². The number of rotatable bonds is 4. The van der Waals surface area contributed by atoms with E-state index in [0.29, 0.717) is 19.4 Å². The monoisotopic (exact) mass is 284 g/mol. The summed E-state index contributed by atoms with van der Waals surface area (Å²) in [5.74, 6) is -0.0876. The normalized spacial score (nSPS) is 27.6. The second-order valence-corrected chi connectivity index (χ2v) is 6.22. The summed E-state index contributed by atoms with van der Waals surface area (Å²) in [5, 5.41) is 10.6. The fourth-order valence-corrected chi connectivity index (χ4v) is 3.04. The molecule has 0 radical (unpaired) electrons. The molecule has 5 heteroatoms. The lowest BCUT2D eigenvalue weighted by atomic mass is 9.89. The summed E-state index contributed by atoms with van der Waals surface area (Å²) >= 11 is 0. The van der Waals surface area contributed by atoms with Crippen molar-refractivity contribution in [2.75, 3.05) is 39.8 Å². The highest BCUT2D eigenvalue weighted by Gasteiger charge is 2.42. The maximum atomic E-state index is 12.6. The average molecular weight is 284 g/mol. The number of amides is 1. The largest absolute Gasteiger partial charge is 0.380 e. The van der Waals surface area contributed by atoms with E-state index in [9.17, 15) is 9.90 Å². The van der Waals surface area contributed by atoms with Crippen LogP contribution in [0, 0.1) is 0 Å². The van der Waals surface area contributed by atoms with Gasteiger partial charge in [0.2, 0.25) is 0 Å². The lowest BCUT2D eigenvalue weighted by Gasteiger charge is -2.41. The van der Waals surface area contributed by atoms with Gasteiger partial charge in [-0.25, -0.2) is 0 Å². The van der Waals surface area contributed by atoms with E-state index in [-0.39, 0.29) is 12.0 Å². The highest BCUT2D eigenvalue weighted by atomic mass is 16.5. The third-order valence-corrected chi connectivity index (χ3v) is 4.44. The van der Waals surface area contributed by atoms with Crippen LogP contribution in [0.4, 0.5) is 0 Å². The van der Waals surface area contributed by atoms with Gasteiger partial charge < -0.3 is 19.6 Å². The minimum Gasteiger partial charge on any atom is -0.380 e. The summed E-state index contributed by atoms with van der Waals surface area (Å²) in [6.45, 7) is 5.80. The average Bonchev–Trinajstić information content (AvgIpc) is 2.48. The number of ether oxygens (including phenoxy) is 1. The molecule has 2 heterocycles. The van der Waals surface area contributed by atoms with Crippen molar-refractivity contribution in [3.8, 4) is 0 Å². The van der Waals surface area contributed by atoms with Crippen molar-refractivity contribution in [2.24, 2.45) is 0 Å². The van der Waals surface area contributed by atoms with Crippen LogP contribution in [0.1, 0.15) is 39.0 Å². The minimum atomic E-state index is -1.15. The van der Waals surface area contributed by atoms with Crippen LogP contribution in [0.2, 0.25) is 0 Å². The fourth-order valence-electron chi connectivity index (χ4n) is 3.04. The lowest BCUT2D eigenvalue weighted by Crippen LogP contribution is -2.57. The Hall–Kier alpha value is -0.650. The zero-order valence-electron chi connectivity index (χ0n) is 12.8. The molecule has 5 nitrogen and oxygen atoms in total. The topological polar surface area (TPSA) is 53.0 Å². The van der Waals surface area contributed by atoms with E-state index < -0.39 is 5.60 Å². The van der Waals surface area contributed by atoms with E-state index in [0.717, 1.165) is 45.5 Å². The van der Waals surface area contributed by atoms with Crippen molar-refractivity contribution < 1.29 is 14.6 Å². The Morgan fingerprint density at radius 3 is 2.70 bits per heavy atom. The number of piperidine rings is 2. The summed E-state index contributed by atoms with van der Waals surface area (Å²) in [6.07, 6.45) is 4.21.